The first kappa shape index (κ1) is 19.0. The summed E-state index contributed by atoms with van der Waals surface area (Å²) in [5, 5.41) is 0. The molecule has 7 nitrogen and oxygen atoms in total. The standard InChI is InChI=1S/C24H21N5O2/c25-22(30)19-4-3-5-20-21(19)28-23(27-20)16-8-6-15(7-9-16)17-12-18(14-26-13-17)24(31)29-10-1-2-11-29/h3-9,12-14H,1-2,10-11H2,(H2,25,30)(H,27,28). The van der Waals surface area contributed by atoms with Crippen molar-refractivity contribution >= 4 is 22.8 Å². The number of fused-ring (bicyclic) bond motifs is 1. The molecule has 4 aromatic rings. The summed E-state index contributed by atoms with van der Waals surface area (Å²) in [6.45, 7) is 1.62. The number of rotatable bonds is 4. The van der Waals surface area contributed by atoms with Gasteiger partial charge in [0.05, 0.1) is 16.6 Å². The zero-order valence-electron chi connectivity index (χ0n) is 16.8. The van der Waals surface area contributed by atoms with Gasteiger partial charge in [-0.1, -0.05) is 30.3 Å². The number of nitrogens with one attached hydrogen (secondary N) is 1. The van der Waals surface area contributed by atoms with Crippen molar-refractivity contribution in [3.8, 4) is 22.5 Å². The molecule has 2 amide bonds. The first-order chi connectivity index (χ1) is 15.1. The number of hydrogen-bond donors (Lipinski definition) is 2. The highest BCUT2D eigenvalue weighted by Crippen LogP contribution is 2.26. The van der Waals surface area contributed by atoms with Crippen LogP contribution in [0.2, 0.25) is 0 Å². The second kappa shape index (κ2) is 7.68. The number of likely N-dealkylation sites (tertiary alicyclic amines) is 1. The molecule has 2 aromatic carbocycles. The van der Waals surface area contributed by atoms with Gasteiger partial charge in [0.25, 0.3) is 11.8 Å². The van der Waals surface area contributed by atoms with Gasteiger partial charge >= 0.3 is 0 Å². The molecule has 0 spiro atoms. The first-order valence-corrected chi connectivity index (χ1v) is 10.2. The zero-order chi connectivity index (χ0) is 21.4. The summed E-state index contributed by atoms with van der Waals surface area (Å²) in [5.74, 6) is 0.192. The van der Waals surface area contributed by atoms with E-state index >= 15 is 0 Å². The molecular formula is C24H21N5O2. The number of pyridine rings is 1. The van der Waals surface area contributed by atoms with Crippen LogP contribution in [0, 0.1) is 0 Å². The van der Waals surface area contributed by atoms with Crippen LogP contribution < -0.4 is 5.73 Å². The molecule has 0 unspecified atom stereocenters. The van der Waals surface area contributed by atoms with Crippen LogP contribution in [0.1, 0.15) is 33.6 Å². The van der Waals surface area contributed by atoms with Gasteiger partial charge in [-0.05, 0) is 36.6 Å². The second-order valence-electron chi connectivity index (χ2n) is 7.69. The molecule has 154 valence electrons. The number of primary amides is 1. The first-order valence-electron chi connectivity index (χ1n) is 10.2. The maximum Gasteiger partial charge on any atom is 0.255 e. The van der Waals surface area contributed by atoms with Crippen molar-refractivity contribution < 1.29 is 9.59 Å². The van der Waals surface area contributed by atoms with E-state index in [4.69, 9.17) is 5.73 Å². The fourth-order valence-corrected chi connectivity index (χ4v) is 4.01. The lowest BCUT2D eigenvalue weighted by molar-refractivity contribution is 0.0792. The molecule has 1 saturated heterocycles. The van der Waals surface area contributed by atoms with Crippen LogP contribution in [0.4, 0.5) is 0 Å². The minimum atomic E-state index is -0.505. The van der Waals surface area contributed by atoms with E-state index < -0.39 is 5.91 Å². The number of benzene rings is 2. The van der Waals surface area contributed by atoms with Crippen molar-refractivity contribution in [3.05, 3.63) is 72.1 Å². The maximum atomic E-state index is 12.7. The number of aromatic nitrogens is 3. The predicted molar refractivity (Wildman–Crippen MR) is 118 cm³/mol. The average Bonchev–Trinajstić information content (AvgIpc) is 3.48. The molecule has 0 saturated carbocycles. The van der Waals surface area contributed by atoms with Crippen LogP contribution in [-0.4, -0.2) is 44.8 Å². The van der Waals surface area contributed by atoms with Gasteiger partial charge in [-0.3, -0.25) is 14.6 Å². The van der Waals surface area contributed by atoms with Crippen molar-refractivity contribution in [1.82, 2.24) is 19.9 Å². The number of nitrogens with zero attached hydrogens (tertiary/aromatic N) is 3. The van der Waals surface area contributed by atoms with Gasteiger partial charge in [0, 0.05) is 36.6 Å². The molecule has 0 bridgehead atoms. The average molecular weight is 411 g/mol. The Balaban J connectivity index is 1.44. The summed E-state index contributed by atoms with van der Waals surface area (Å²) >= 11 is 0. The molecule has 0 radical (unpaired) electrons. The number of nitrogens with two attached hydrogens (primary N) is 1. The van der Waals surface area contributed by atoms with Crippen molar-refractivity contribution in [2.75, 3.05) is 13.1 Å². The smallest absolute Gasteiger partial charge is 0.255 e. The van der Waals surface area contributed by atoms with Crippen molar-refractivity contribution in [3.63, 3.8) is 0 Å². The van der Waals surface area contributed by atoms with E-state index in [2.05, 4.69) is 15.0 Å². The molecule has 1 aliphatic rings. The lowest BCUT2D eigenvalue weighted by Crippen LogP contribution is -2.27. The molecular weight excluding hydrogens is 390 g/mol. The van der Waals surface area contributed by atoms with Crippen LogP contribution in [0.3, 0.4) is 0 Å². The number of aromatic amines is 1. The van der Waals surface area contributed by atoms with Crippen molar-refractivity contribution in [2.45, 2.75) is 12.8 Å². The molecule has 31 heavy (non-hydrogen) atoms. The van der Waals surface area contributed by atoms with Crippen LogP contribution >= 0.6 is 0 Å². The summed E-state index contributed by atoms with van der Waals surface area (Å²) in [6.07, 6.45) is 5.51. The number of hydrogen-bond acceptors (Lipinski definition) is 4. The molecule has 1 aliphatic heterocycles. The minimum Gasteiger partial charge on any atom is -0.366 e. The summed E-state index contributed by atoms with van der Waals surface area (Å²) in [7, 11) is 0. The van der Waals surface area contributed by atoms with Crippen molar-refractivity contribution in [2.24, 2.45) is 5.73 Å². The Labute approximate surface area is 178 Å². The Hall–Kier alpha value is -4.00. The summed E-state index contributed by atoms with van der Waals surface area (Å²) in [6, 6.07) is 15.0. The molecule has 5 rings (SSSR count). The third kappa shape index (κ3) is 3.54. The number of para-hydroxylation sites is 1. The van der Waals surface area contributed by atoms with Crippen LogP contribution in [0.25, 0.3) is 33.5 Å². The molecule has 2 aromatic heterocycles. The fourth-order valence-electron chi connectivity index (χ4n) is 4.01. The van der Waals surface area contributed by atoms with Gasteiger partial charge in [-0.25, -0.2) is 4.98 Å². The number of carbonyl (C=O) groups excluding carboxylic acids is 2. The van der Waals surface area contributed by atoms with Gasteiger partial charge < -0.3 is 15.6 Å². The van der Waals surface area contributed by atoms with Crippen LogP contribution in [0.5, 0.6) is 0 Å². The number of amides is 2. The Bertz CT molecular complexity index is 1290. The SMILES string of the molecule is NC(=O)c1cccc2[nH]c(-c3ccc(-c4cncc(C(=O)N5CCCC5)c4)cc3)nc12. The minimum absolute atomic E-state index is 0.0380. The molecule has 3 heterocycles. The van der Waals surface area contributed by atoms with Gasteiger partial charge in [0.2, 0.25) is 0 Å². The predicted octanol–water partition coefficient (Wildman–Crippen LogP) is 3.63. The number of carbonyl (C=O) groups is 2. The van der Waals surface area contributed by atoms with Gasteiger partial charge in [0.15, 0.2) is 0 Å². The molecule has 3 N–H and O–H groups in total. The van der Waals surface area contributed by atoms with E-state index in [0.717, 1.165) is 48.1 Å². The summed E-state index contributed by atoms with van der Waals surface area (Å²) in [4.78, 5) is 38.3. The van der Waals surface area contributed by atoms with E-state index in [0.29, 0.717) is 22.5 Å². The maximum absolute atomic E-state index is 12.7. The Kier molecular flexibility index (Phi) is 4.71. The van der Waals surface area contributed by atoms with Gasteiger partial charge in [-0.15, -0.1) is 0 Å². The topological polar surface area (TPSA) is 105 Å². The third-order valence-electron chi connectivity index (χ3n) is 5.65. The van der Waals surface area contributed by atoms with Crippen molar-refractivity contribution in [1.29, 1.82) is 0 Å². The quantitative estimate of drug-likeness (QED) is 0.535. The lowest BCUT2D eigenvalue weighted by atomic mass is 10.0. The molecule has 0 aliphatic carbocycles. The van der Waals surface area contributed by atoms with E-state index in [1.54, 1.807) is 24.5 Å². The van der Waals surface area contributed by atoms with E-state index in [-0.39, 0.29) is 5.91 Å². The third-order valence-corrected chi connectivity index (χ3v) is 5.65. The molecule has 0 atom stereocenters. The fraction of sp³-hybridized carbons (Fsp3) is 0.167. The van der Waals surface area contributed by atoms with Gasteiger partial charge in [-0.2, -0.15) is 0 Å². The lowest BCUT2D eigenvalue weighted by Gasteiger charge is -2.15. The molecule has 1 fully saturated rings. The van der Waals surface area contributed by atoms with E-state index in [1.165, 1.54) is 0 Å². The normalized spacial score (nSPS) is 13.6. The Morgan fingerprint density at radius 1 is 0.935 bits per heavy atom. The highest BCUT2D eigenvalue weighted by Gasteiger charge is 2.20. The van der Waals surface area contributed by atoms with E-state index in [1.807, 2.05) is 41.3 Å². The highest BCUT2D eigenvalue weighted by atomic mass is 16.2. The molecule has 7 heteroatoms. The van der Waals surface area contributed by atoms with Gasteiger partial charge in [0.1, 0.15) is 11.3 Å². The Morgan fingerprint density at radius 2 is 1.68 bits per heavy atom. The van der Waals surface area contributed by atoms with Crippen LogP contribution in [0.15, 0.2) is 60.9 Å². The second-order valence-corrected chi connectivity index (χ2v) is 7.69. The summed E-state index contributed by atoms with van der Waals surface area (Å²) in [5.41, 5.74) is 10.5. The van der Waals surface area contributed by atoms with E-state index in [9.17, 15) is 9.59 Å². The zero-order valence-corrected chi connectivity index (χ0v) is 16.8. The Morgan fingerprint density at radius 3 is 2.42 bits per heavy atom. The highest BCUT2D eigenvalue weighted by molar-refractivity contribution is 6.04. The summed E-state index contributed by atoms with van der Waals surface area (Å²) < 4.78 is 0. The largest absolute Gasteiger partial charge is 0.366 e. The number of H-pyrrole nitrogens is 1. The number of imidazole rings is 1. The monoisotopic (exact) mass is 411 g/mol. The van der Waals surface area contributed by atoms with Crippen LogP contribution in [-0.2, 0) is 0 Å².